The molecule has 1 aromatic heterocycles. The zero-order valence-electron chi connectivity index (χ0n) is 9.70. The van der Waals surface area contributed by atoms with E-state index in [1.54, 1.807) is 6.08 Å². The molecule has 0 aromatic carbocycles. The summed E-state index contributed by atoms with van der Waals surface area (Å²) in [6, 6.07) is 4.64. The zero-order chi connectivity index (χ0) is 11.4. The molecular weight excluding hydrogens is 200 g/mol. The highest BCUT2D eigenvalue weighted by atomic mass is 16.5. The van der Waals surface area contributed by atoms with Gasteiger partial charge >= 0.3 is 0 Å². The van der Waals surface area contributed by atoms with Crippen LogP contribution in [0.25, 0.3) is 0 Å². The number of aromatic nitrogens is 1. The van der Waals surface area contributed by atoms with Gasteiger partial charge in [-0.2, -0.15) is 0 Å². The van der Waals surface area contributed by atoms with Crippen molar-refractivity contribution in [2.75, 3.05) is 6.61 Å². The molecular formula is C13H18N2O. The van der Waals surface area contributed by atoms with Crippen molar-refractivity contribution in [3.8, 4) is 5.75 Å². The van der Waals surface area contributed by atoms with Gasteiger partial charge in [0.05, 0.1) is 5.69 Å². The number of aryl methyl sites for hydroxylation is 1. The Hall–Kier alpha value is -1.35. The Morgan fingerprint density at radius 3 is 3.06 bits per heavy atom. The number of hydrogen-bond donors (Lipinski definition) is 1. The van der Waals surface area contributed by atoms with Gasteiger partial charge in [-0.05, 0) is 31.9 Å². The van der Waals surface area contributed by atoms with Crippen LogP contribution in [0.5, 0.6) is 5.75 Å². The molecule has 0 atom stereocenters. The molecule has 1 fully saturated rings. The van der Waals surface area contributed by atoms with E-state index in [1.807, 2.05) is 19.1 Å². The minimum absolute atomic E-state index is 0.529. The van der Waals surface area contributed by atoms with Crippen LogP contribution in [0.4, 0.5) is 0 Å². The maximum atomic E-state index is 5.57. The van der Waals surface area contributed by atoms with Crippen LogP contribution < -0.4 is 10.1 Å². The molecule has 1 aromatic rings. The van der Waals surface area contributed by atoms with Crippen LogP contribution in [0.1, 0.15) is 24.2 Å². The van der Waals surface area contributed by atoms with Gasteiger partial charge in [0.25, 0.3) is 0 Å². The minimum Gasteiger partial charge on any atom is -0.488 e. The van der Waals surface area contributed by atoms with E-state index in [-0.39, 0.29) is 0 Å². The van der Waals surface area contributed by atoms with Crippen molar-refractivity contribution < 1.29 is 4.74 Å². The minimum atomic E-state index is 0.529. The average Bonchev–Trinajstić information content (AvgIpc) is 3.09. The lowest BCUT2D eigenvalue weighted by molar-refractivity contribution is 0.355. The van der Waals surface area contributed by atoms with Gasteiger partial charge in [0.1, 0.15) is 12.4 Å². The molecule has 2 rings (SSSR count). The molecule has 0 unspecified atom stereocenters. The van der Waals surface area contributed by atoms with Gasteiger partial charge in [-0.15, -0.1) is 0 Å². The van der Waals surface area contributed by atoms with E-state index in [1.165, 1.54) is 12.8 Å². The van der Waals surface area contributed by atoms with Crippen molar-refractivity contribution in [3.63, 3.8) is 0 Å². The average molecular weight is 218 g/mol. The molecule has 0 bridgehead atoms. The predicted molar refractivity (Wildman–Crippen MR) is 64.5 cm³/mol. The maximum Gasteiger partial charge on any atom is 0.142 e. The van der Waals surface area contributed by atoms with Crippen LogP contribution in [0.2, 0.25) is 0 Å². The van der Waals surface area contributed by atoms with Crippen LogP contribution in [0.3, 0.4) is 0 Å². The Labute approximate surface area is 96.5 Å². The molecule has 1 N–H and O–H groups in total. The quantitative estimate of drug-likeness (QED) is 0.743. The number of pyridine rings is 1. The third-order valence-electron chi connectivity index (χ3n) is 2.56. The topological polar surface area (TPSA) is 34.1 Å². The van der Waals surface area contributed by atoms with Crippen molar-refractivity contribution >= 4 is 0 Å². The maximum absolute atomic E-state index is 5.57. The molecule has 1 aliphatic carbocycles. The predicted octanol–water partition coefficient (Wildman–Crippen LogP) is 2.21. The first-order valence-electron chi connectivity index (χ1n) is 5.73. The van der Waals surface area contributed by atoms with E-state index in [0.29, 0.717) is 12.6 Å². The Morgan fingerprint density at radius 1 is 1.56 bits per heavy atom. The van der Waals surface area contributed by atoms with Crippen LogP contribution >= 0.6 is 0 Å². The third-order valence-corrected chi connectivity index (χ3v) is 2.56. The zero-order valence-corrected chi connectivity index (χ0v) is 9.70. The molecule has 1 saturated carbocycles. The number of nitrogens with one attached hydrogen (secondary N) is 1. The van der Waals surface area contributed by atoms with E-state index >= 15 is 0 Å². The first kappa shape index (κ1) is 11.1. The van der Waals surface area contributed by atoms with E-state index in [0.717, 1.165) is 23.7 Å². The lowest BCUT2D eigenvalue weighted by atomic mass is 10.3. The Balaban J connectivity index is 2.03. The van der Waals surface area contributed by atoms with E-state index in [2.05, 4.69) is 16.9 Å². The van der Waals surface area contributed by atoms with Crippen molar-refractivity contribution in [1.82, 2.24) is 10.3 Å². The second-order valence-corrected chi connectivity index (χ2v) is 4.15. The molecule has 0 aliphatic heterocycles. The van der Waals surface area contributed by atoms with Gasteiger partial charge in [-0.25, -0.2) is 0 Å². The van der Waals surface area contributed by atoms with Crippen LogP contribution in [0.15, 0.2) is 24.8 Å². The molecule has 0 radical (unpaired) electrons. The summed E-state index contributed by atoms with van der Waals surface area (Å²) in [4.78, 5) is 4.50. The molecule has 0 saturated heterocycles. The van der Waals surface area contributed by atoms with Crippen molar-refractivity contribution in [2.45, 2.75) is 32.4 Å². The Bertz CT molecular complexity index is 372. The van der Waals surface area contributed by atoms with Gasteiger partial charge in [0.2, 0.25) is 0 Å². The molecule has 1 heterocycles. The lowest BCUT2D eigenvalue weighted by Crippen LogP contribution is -2.17. The van der Waals surface area contributed by atoms with Gasteiger partial charge in [-0.1, -0.05) is 12.7 Å². The number of ether oxygens (including phenoxy) is 1. The van der Waals surface area contributed by atoms with E-state index < -0.39 is 0 Å². The lowest BCUT2D eigenvalue weighted by Gasteiger charge is -2.10. The van der Waals surface area contributed by atoms with Gasteiger partial charge in [-0.3, -0.25) is 4.98 Å². The highest BCUT2D eigenvalue weighted by Gasteiger charge is 2.20. The standard InChI is InChI=1S/C13H18N2O/c1-3-8-16-13-7-4-10(2)15-12(13)9-14-11-5-6-11/h3-4,7,11,14H,1,5-6,8-9H2,2H3. The largest absolute Gasteiger partial charge is 0.488 e. The fourth-order valence-electron chi connectivity index (χ4n) is 1.53. The van der Waals surface area contributed by atoms with Crippen molar-refractivity contribution in [3.05, 3.63) is 36.2 Å². The third kappa shape index (κ3) is 3.07. The number of rotatable bonds is 6. The first-order chi connectivity index (χ1) is 7.79. The first-order valence-corrected chi connectivity index (χ1v) is 5.73. The monoisotopic (exact) mass is 218 g/mol. The summed E-state index contributed by atoms with van der Waals surface area (Å²) in [5.41, 5.74) is 2.02. The Kier molecular flexibility index (Phi) is 3.57. The second kappa shape index (κ2) is 5.12. The normalized spacial score (nSPS) is 14.8. The molecule has 1 aliphatic rings. The molecule has 3 heteroatoms. The molecule has 0 spiro atoms. The fraction of sp³-hybridized carbons (Fsp3) is 0.462. The van der Waals surface area contributed by atoms with E-state index in [9.17, 15) is 0 Å². The molecule has 86 valence electrons. The SMILES string of the molecule is C=CCOc1ccc(C)nc1CNC1CC1. The summed E-state index contributed by atoms with van der Waals surface area (Å²) in [5.74, 6) is 0.860. The van der Waals surface area contributed by atoms with Crippen molar-refractivity contribution in [2.24, 2.45) is 0 Å². The van der Waals surface area contributed by atoms with Crippen LogP contribution in [-0.4, -0.2) is 17.6 Å². The molecule has 16 heavy (non-hydrogen) atoms. The second-order valence-electron chi connectivity index (χ2n) is 4.15. The summed E-state index contributed by atoms with van der Waals surface area (Å²) in [5, 5.41) is 3.45. The van der Waals surface area contributed by atoms with Gasteiger partial charge < -0.3 is 10.1 Å². The summed E-state index contributed by atoms with van der Waals surface area (Å²) >= 11 is 0. The molecule has 3 nitrogen and oxygen atoms in total. The van der Waals surface area contributed by atoms with Crippen molar-refractivity contribution in [1.29, 1.82) is 0 Å². The van der Waals surface area contributed by atoms with Crippen LogP contribution in [0, 0.1) is 6.92 Å². The summed E-state index contributed by atoms with van der Waals surface area (Å²) in [6.07, 6.45) is 4.32. The van der Waals surface area contributed by atoms with Gasteiger partial charge in [0, 0.05) is 18.3 Å². The summed E-state index contributed by atoms with van der Waals surface area (Å²) < 4.78 is 5.57. The number of hydrogen-bond acceptors (Lipinski definition) is 3. The fourth-order valence-corrected chi connectivity index (χ4v) is 1.53. The molecule has 0 amide bonds. The smallest absolute Gasteiger partial charge is 0.142 e. The van der Waals surface area contributed by atoms with Gasteiger partial charge in [0.15, 0.2) is 0 Å². The van der Waals surface area contributed by atoms with E-state index in [4.69, 9.17) is 4.74 Å². The Morgan fingerprint density at radius 2 is 2.38 bits per heavy atom. The highest BCUT2D eigenvalue weighted by Crippen LogP contribution is 2.22. The summed E-state index contributed by atoms with van der Waals surface area (Å²) in [7, 11) is 0. The number of nitrogens with zero attached hydrogens (tertiary/aromatic N) is 1. The highest BCUT2D eigenvalue weighted by molar-refractivity contribution is 5.29. The summed E-state index contributed by atoms with van der Waals surface area (Å²) in [6.45, 7) is 6.96. The van der Waals surface area contributed by atoms with Crippen LogP contribution in [-0.2, 0) is 6.54 Å².